The molecule has 1 saturated heterocycles. The van der Waals surface area contributed by atoms with Gasteiger partial charge in [-0.25, -0.2) is 9.59 Å². The van der Waals surface area contributed by atoms with Gasteiger partial charge in [0.25, 0.3) is 0 Å². The van der Waals surface area contributed by atoms with Crippen molar-refractivity contribution in [2.24, 2.45) is 5.92 Å². The zero-order valence-corrected chi connectivity index (χ0v) is 7.69. The van der Waals surface area contributed by atoms with Crippen LogP contribution in [0.25, 0.3) is 0 Å². The molecule has 0 aromatic heterocycles. The fourth-order valence-electron chi connectivity index (χ4n) is 1.63. The maximum atomic E-state index is 11.6. The molecule has 2 rings (SSSR count). The quantitative estimate of drug-likeness (QED) is 0.427. The maximum Gasteiger partial charge on any atom is 0.333 e. The highest BCUT2D eigenvalue weighted by Gasteiger charge is 2.34. The molecule has 1 saturated carbocycles. The van der Waals surface area contributed by atoms with E-state index in [1.54, 1.807) is 0 Å². The average molecular weight is 197 g/mol. The fourth-order valence-corrected chi connectivity index (χ4v) is 1.63. The molecule has 0 spiro atoms. The zero-order valence-electron chi connectivity index (χ0n) is 7.69. The van der Waals surface area contributed by atoms with Crippen molar-refractivity contribution in [2.75, 3.05) is 13.1 Å². The van der Waals surface area contributed by atoms with Gasteiger partial charge in [-0.05, 0) is 12.8 Å². The van der Waals surface area contributed by atoms with Crippen molar-refractivity contribution in [3.05, 3.63) is 0 Å². The second-order valence-corrected chi connectivity index (χ2v) is 3.67. The third-order valence-electron chi connectivity index (χ3n) is 2.63. The van der Waals surface area contributed by atoms with Crippen LogP contribution in [-0.2, 0) is 19.1 Å². The van der Waals surface area contributed by atoms with Gasteiger partial charge < -0.3 is 9.64 Å². The molecule has 0 atom stereocenters. The average Bonchev–Trinajstić information content (AvgIpc) is 1.98. The number of nitrogens with zero attached hydrogens (tertiary/aromatic N) is 1. The minimum Gasteiger partial charge on any atom is -0.390 e. The van der Waals surface area contributed by atoms with Crippen molar-refractivity contribution < 1.29 is 19.1 Å². The van der Waals surface area contributed by atoms with Crippen LogP contribution in [0.4, 0.5) is 0 Å². The first-order valence-corrected chi connectivity index (χ1v) is 4.69. The van der Waals surface area contributed by atoms with E-state index in [0.717, 1.165) is 19.3 Å². The first kappa shape index (κ1) is 9.18. The van der Waals surface area contributed by atoms with Crippen LogP contribution in [0.15, 0.2) is 0 Å². The van der Waals surface area contributed by atoms with E-state index in [0.29, 0.717) is 0 Å². The van der Waals surface area contributed by atoms with Crippen molar-refractivity contribution >= 4 is 17.8 Å². The third kappa shape index (κ3) is 1.62. The number of esters is 2. The summed E-state index contributed by atoms with van der Waals surface area (Å²) in [7, 11) is 0. The van der Waals surface area contributed by atoms with Crippen LogP contribution in [0.3, 0.4) is 0 Å². The lowest BCUT2D eigenvalue weighted by Gasteiger charge is -2.32. The van der Waals surface area contributed by atoms with Gasteiger partial charge in [-0.15, -0.1) is 0 Å². The molecule has 0 aromatic carbocycles. The number of ether oxygens (including phenoxy) is 1. The minimum absolute atomic E-state index is 0.0219. The summed E-state index contributed by atoms with van der Waals surface area (Å²) in [5, 5.41) is 0. The summed E-state index contributed by atoms with van der Waals surface area (Å²) in [6, 6.07) is 0. The van der Waals surface area contributed by atoms with E-state index in [9.17, 15) is 14.4 Å². The summed E-state index contributed by atoms with van der Waals surface area (Å²) < 4.78 is 4.33. The van der Waals surface area contributed by atoms with Gasteiger partial charge in [-0.1, -0.05) is 6.42 Å². The highest BCUT2D eigenvalue weighted by molar-refractivity contribution is 5.95. The van der Waals surface area contributed by atoms with Crippen LogP contribution in [0, 0.1) is 5.92 Å². The number of hydrogen-bond acceptors (Lipinski definition) is 4. The standard InChI is InChI=1S/C9H11NO4/c11-7-4-10(5-8(12)14-7)9(13)6-2-1-3-6/h6H,1-5H2. The molecule has 5 heteroatoms. The van der Waals surface area contributed by atoms with Gasteiger partial charge in [0.15, 0.2) is 0 Å². The Hall–Kier alpha value is -1.39. The summed E-state index contributed by atoms with van der Waals surface area (Å²) in [4.78, 5) is 34.7. The number of cyclic esters (lactones) is 2. The third-order valence-corrected chi connectivity index (χ3v) is 2.63. The number of hydrogen-bond donors (Lipinski definition) is 0. The predicted molar refractivity (Wildman–Crippen MR) is 45.0 cm³/mol. The molecule has 1 aliphatic carbocycles. The topological polar surface area (TPSA) is 63.7 Å². The summed E-state index contributed by atoms with van der Waals surface area (Å²) in [6.07, 6.45) is 2.81. The number of carbonyl (C=O) groups is 3. The molecular formula is C9H11NO4. The van der Waals surface area contributed by atoms with Gasteiger partial charge in [0.05, 0.1) is 0 Å². The highest BCUT2D eigenvalue weighted by Crippen LogP contribution is 2.28. The lowest BCUT2D eigenvalue weighted by atomic mass is 9.84. The Balaban J connectivity index is 1.98. The lowest BCUT2D eigenvalue weighted by molar-refractivity contribution is -0.171. The lowest BCUT2D eigenvalue weighted by Crippen LogP contribution is -2.49. The van der Waals surface area contributed by atoms with E-state index >= 15 is 0 Å². The van der Waals surface area contributed by atoms with E-state index in [-0.39, 0.29) is 24.9 Å². The molecule has 5 nitrogen and oxygen atoms in total. The Labute approximate surface area is 81.0 Å². The predicted octanol–water partition coefficient (Wildman–Crippen LogP) is -0.302. The van der Waals surface area contributed by atoms with Gasteiger partial charge in [-0.2, -0.15) is 0 Å². The van der Waals surface area contributed by atoms with Gasteiger partial charge in [0.2, 0.25) is 5.91 Å². The molecule has 0 unspecified atom stereocenters. The molecule has 0 bridgehead atoms. The second kappa shape index (κ2) is 3.40. The van der Waals surface area contributed by atoms with Crippen molar-refractivity contribution in [3.63, 3.8) is 0 Å². The molecular weight excluding hydrogens is 186 g/mol. The molecule has 76 valence electrons. The van der Waals surface area contributed by atoms with Crippen LogP contribution in [0.5, 0.6) is 0 Å². The fraction of sp³-hybridized carbons (Fsp3) is 0.667. The maximum absolute atomic E-state index is 11.6. The van der Waals surface area contributed by atoms with Crippen molar-refractivity contribution in [1.82, 2.24) is 4.90 Å². The number of rotatable bonds is 1. The monoisotopic (exact) mass is 197 g/mol. The van der Waals surface area contributed by atoms with E-state index in [1.165, 1.54) is 4.90 Å². The Kier molecular flexibility index (Phi) is 2.23. The van der Waals surface area contributed by atoms with Crippen LogP contribution in [0.2, 0.25) is 0 Å². The van der Waals surface area contributed by atoms with E-state index in [4.69, 9.17) is 0 Å². The summed E-state index contributed by atoms with van der Waals surface area (Å²) in [5.41, 5.74) is 0. The van der Waals surface area contributed by atoms with Crippen LogP contribution < -0.4 is 0 Å². The van der Waals surface area contributed by atoms with Crippen molar-refractivity contribution in [1.29, 1.82) is 0 Å². The minimum atomic E-state index is -0.631. The van der Waals surface area contributed by atoms with Gasteiger partial charge in [0, 0.05) is 5.92 Å². The second-order valence-electron chi connectivity index (χ2n) is 3.67. The molecule has 1 aliphatic heterocycles. The van der Waals surface area contributed by atoms with Crippen LogP contribution >= 0.6 is 0 Å². The Morgan fingerprint density at radius 1 is 1.21 bits per heavy atom. The first-order chi connectivity index (χ1) is 6.66. The van der Waals surface area contributed by atoms with Crippen molar-refractivity contribution in [2.45, 2.75) is 19.3 Å². The molecule has 0 radical (unpaired) electrons. The van der Waals surface area contributed by atoms with Gasteiger partial charge in [-0.3, -0.25) is 4.79 Å². The Bertz CT molecular complexity index is 279. The Morgan fingerprint density at radius 3 is 2.21 bits per heavy atom. The number of morpholine rings is 1. The van der Waals surface area contributed by atoms with Gasteiger partial charge >= 0.3 is 11.9 Å². The summed E-state index contributed by atoms with van der Waals surface area (Å²) in [6.45, 7) is -0.165. The molecule has 0 aromatic rings. The van der Waals surface area contributed by atoms with E-state index in [2.05, 4.69) is 4.74 Å². The summed E-state index contributed by atoms with van der Waals surface area (Å²) in [5.74, 6) is -1.32. The molecule has 1 heterocycles. The molecule has 2 fully saturated rings. The number of carbonyl (C=O) groups excluding carboxylic acids is 3. The first-order valence-electron chi connectivity index (χ1n) is 4.69. The van der Waals surface area contributed by atoms with Crippen LogP contribution in [0.1, 0.15) is 19.3 Å². The molecule has 0 N–H and O–H groups in total. The van der Waals surface area contributed by atoms with E-state index in [1.807, 2.05) is 0 Å². The normalized spacial score (nSPS) is 23.0. The zero-order chi connectivity index (χ0) is 10.1. The molecule has 1 amide bonds. The van der Waals surface area contributed by atoms with Crippen molar-refractivity contribution in [3.8, 4) is 0 Å². The molecule has 14 heavy (non-hydrogen) atoms. The van der Waals surface area contributed by atoms with Crippen LogP contribution in [-0.4, -0.2) is 35.8 Å². The largest absolute Gasteiger partial charge is 0.390 e. The van der Waals surface area contributed by atoms with Gasteiger partial charge in [0.1, 0.15) is 13.1 Å². The SMILES string of the molecule is O=C1CN(C(=O)C2CCC2)CC(=O)O1. The number of amides is 1. The highest BCUT2D eigenvalue weighted by atomic mass is 16.6. The smallest absolute Gasteiger partial charge is 0.333 e. The molecule has 2 aliphatic rings. The van der Waals surface area contributed by atoms with E-state index < -0.39 is 11.9 Å². The summed E-state index contributed by atoms with van der Waals surface area (Å²) >= 11 is 0. The Morgan fingerprint density at radius 2 is 1.79 bits per heavy atom.